The zero-order chi connectivity index (χ0) is 18.8. The van der Waals surface area contributed by atoms with E-state index in [4.69, 9.17) is 11.5 Å². The molecule has 0 spiro atoms. The smallest absolute Gasteiger partial charge is 0.188 e. The van der Waals surface area contributed by atoms with E-state index in [0.29, 0.717) is 11.1 Å². The van der Waals surface area contributed by atoms with Crippen molar-refractivity contribution in [2.45, 2.75) is 22.7 Å². The van der Waals surface area contributed by atoms with E-state index < -0.39 is 20.8 Å². The van der Waals surface area contributed by atoms with Gasteiger partial charge in [0.25, 0.3) is 0 Å². The number of benzene rings is 3. The average Bonchev–Trinajstić information content (AvgIpc) is 2.63. The summed E-state index contributed by atoms with van der Waals surface area (Å²) in [5, 5.41) is -1.12. The van der Waals surface area contributed by atoms with Gasteiger partial charge in [-0.1, -0.05) is 78.4 Å². The molecular formula is C21H22N2O2S. The molecule has 0 aromatic heterocycles. The maximum atomic E-state index is 13.5. The van der Waals surface area contributed by atoms with Crippen molar-refractivity contribution >= 4 is 9.84 Å². The van der Waals surface area contributed by atoms with E-state index in [-0.39, 0.29) is 4.90 Å². The number of sulfone groups is 1. The van der Waals surface area contributed by atoms with Crippen LogP contribution in [0.25, 0.3) is 0 Å². The summed E-state index contributed by atoms with van der Waals surface area (Å²) in [5.41, 5.74) is 13.4. The molecule has 0 radical (unpaired) electrons. The first kappa shape index (κ1) is 18.3. The van der Waals surface area contributed by atoms with Crippen LogP contribution in [0.4, 0.5) is 0 Å². The summed E-state index contributed by atoms with van der Waals surface area (Å²) in [4.78, 5) is 0.202. The predicted molar refractivity (Wildman–Crippen MR) is 104 cm³/mol. The average molecular weight is 366 g/mol. The minimum absolute atomic E-state index is 0.202. The molecule has 0 heterocycles. The molecule has 3 aromatic rings. The van der Waals surface area contributed by atoms with Crippen LogP contribution in [0, 0.1) is 6.92 Å². The van der Waals surface area contributed by atoms with Gasteiger partial charge in [0.2, 0.25) is 0 Å². The maximum absolute atomic E-state index is 13.5. The number of rotatable bonds is 5. The van der Waals surface area contributed by atoms with Crippen LogP contribution < -0.4 is 11.5 Å². The molecule has 134 valence electrons. The number of aryl methyl sites for hydroxylation is 1. The first-order valence-corrected chi connectivity index (χ1v) is 9.87. The van der Waals surface area contributed by atoms with Gasteiger partial charge in [-0.3, -0.25) is 0 Å². The molecule has 0 amide bonds. The van der Waals surface area contributed by atoms with Crippen LogP contribution >= 0.6 is 0 Å². The van der Waals surface area contributed by atoms with E-state index in [0.717, 1.165) is 5.56 Å². The van der Waals surface area contributed by atoms with Crippen molar-refractivity contribution in [1.29, 1.82) is 0 Å². The molecular weight excluding hydrogens is 344 g/mol. The second kappa shape index (κ2) is 7.03. The molecule has 4 N–H and O–H groups in total. The van der Waals surface area contributed by atoms with E-state index in [1.807, 2.05) is 19.1 Å². The van der Waals surface area contributed by atoms with Crippen molar-refractivity contribution in [3.63, 3.8) is 0 Å². The van der Waals surface area contributed by atoms with Gasteiger partial charge in [-0.05, 0) is 30.2 Å². The lowest BCUT2D eigenvalue weighted by Crippen LogP contribution is -2.53. The Labute approximate surface area is 154 Å². The normalized spacial score (nSPS) is 13.3. The van der Waals surface area contributed by atoms with Gasteiger partial charge in [-0.2, -0.15) is 0 Å². The number of hydrogen-bond donors (Lipinski definition) is 2. The first-order valence-electron chi connectivity index (χ1n) is 8.32. The second-order valence-corrected chi connectivity index (χ2v) is 8.48. The van der Waals surface area contributed by atoms with Crippen LogP contribution in [0.1, 0.15) is 21.9 Å². The Morgan fingerprint density at radius 3 is 1.81 bits per heavy atom. The Hall–Kier alpha value is -2.47. The Kier molecular flexibility index (Phi) is 4.96. The van der Waals surface area contributed by atoms with Crippen LogP contribution in [-0.2, 0) is 15.5 Å². The fourth-order valence-corrected chi connectivity index (χ4v) is 5.03. The quantitative estimate of drug-likeness (QED) is 0.679. The SMILES string of the molecule is Cc1ccc(S(=O)(=O)C(c2ccccc2)C(N)(N)c2ccccc2)cc1. The molecule has 0 fully saturated rings. The van der Waals surface area contributed by atoms with Crippen molar-refractivity contribution in [3.8, 4) is 0 Å². The summed E-state index contributed by atoms with van der Waals surface area (Å²) in [7, 11) is -3.83. The van der Waals surface area contributed by atoms with E-state index in [9.17, 15) is 8.42 Å². The second-order valence-electron chi connectivity index (χ2n) is 6.45. The molecule has 0 aliphatic rings. The summed E-state index contributed by atoms with van der Waals surface area (Å²) in [6.45, 7) is 1.91. The molecule has 3 rings (SSSR count). The molecule has 4 nitrogen and oxygen atoms in total. The van der Waals surface area contributed by atoms with Crippen LogP contribution in [0.3, 0.4) is 0 Å². The van der Waals surface area contributed by atoms with Gasteiger partial charge in [0.05, 0.1) is 4.90 Å². The van der Waals surface area contributed by atoms with Crippen LogP contribution in [0.15, 0.2) is 89.8 Å². The van der Waals surface area contributed by atoms with E-state index in [1.54, 1.807) is 72.8 Å². The predicted octanol–water partition coefficient (Wildman–Crippen LogP) is 3.28. The van der Waals surface area contributed by atoms with Gasteiger partial charge in [-0.25, -0.2) is 8.42 Å². The summed E-state index contributed by atoms with van der Waals surface area (Å²) in [6.07, 6.45) is 0. The van der Waals surface area contributed by atoms with Gasteiger partial charge < -0.3 is 11.5 Å². The topological polar surface area (TPSA) is 86.2 Å². The molecule has 0 bridgehead atoms. The fraction of sp³-hybridized carbons (Fsp3) is 0.143. The Balaban J connectivity index is 2.21. The molecule has 5 heteroatoms. The van der Waals surface area contributed by atoms with Gasteiger partial charge in [0.1, 0.15) is 10.9 Å². The van der Waals surface area contributed by atoms with Crippen LogP contribution in [-0.4, -0.2) is 8.42 Å². The largest absolute Gasteiger partial charge is 0.308 e. The van der Waals surface area contributed by atoms with E-state index in [2.05, 4.69) is 0 Å². The maximum Gasteiger partial charge on any atom is 0.188 e. The first-order chi connectivity index (χ1) is 12.3. The van der Waals surface area contributed by atoms with Crippen molar-refractivity contribution in [2.24, 2.45) is 11.5 Å². The highest BCUT2D eigenvalue weighted by atomic mass is 32.2. The molecule has 0 saturated heterocycles. The Morgan fingerprint density at radius 1 is 0.769 bits per heavy atom. The lowest BCUT2D eigenvalue weighted by Gasteiger charge is -2.34. The third-order valence-corrected chi connectivity index (χ3v) is 6.68. The zero-order valence-electron chi connectivity index (χ0n) is 14.5. The minimum atomic E-state index is -3.83. The standard InChI is InChI=1S/C21H22N2O2S/c1-16-12-14-19(15-13-16)26(24,25)20(17-8-4-2-5-9-17)21(22,23)18-10-6-3-7-11-18/h2-15,20H,22-23H2,1H3. The lowest BCUT2D eigenvalue weighted by molar-refractivity contribution is 0.428. The summed E-state index contributed by atoms with van der Waals surface area (Å²) >= 11 is 0. The molecule has 1 unspecified atom stereocenters. The molecule has 0 aliphatic heterocycles. The van der Waals surface area contributed by atoms with Crippen molar-refractivity contribution in [2.75, 3.05) is 0 Å². The zero-order valence-corrected chi connectivity index (χ0v) is 15.4. The summed E-state index contributed by atoms with van der Waals surface area (Å²) in [5.74, 6) is 0. The molecule has 0 aliphatic carbocycles. The monoisotopic (exact) mass is 366 g/mol. The summed E-state index contributed by atoms with van der Waals surface area (Å²) in [6, 6.07) is 24.6. The van der Waals surface area contributed by atoms with Crippen LogP contribution in [0.5, 0.6) is 0 Å². The summed E-state index contributed by atoms with van der Waals surface area (Å²) < 4.78 is 27.0. The highest BCUT2D eigenvalue weighted by Crippen LogP contribution is 2.39. The van der Waals surface area contributed by atoms with E-state index >= 15 is 0 Å². The van der Waals surface area contributed by atoms with Gasteiger partial charge in [0.15, 0.2) is 9.84 Å². The Morgan fingerprint density at radius 2 is 1.27 bits per heavy atom. The van der Waals surface area contributed by atoms with Gasteiger partial charge in [0, 0.05) is 0 Å². The lowest BCUT2D eigenvalue weighted by atomic mass is 9.93. The third kappa shape index (κ3) is 3.42. The highest BCUT2D eigenvalue weighted by molar-refractivity contribution is 7.91. The minimum Gasteiger partial charge on any atom is -0.308 e. The molecule has 26 heavy (non-hydrogen) atoms. The van der Waals surface area contributed by atoms with Crippen LogP contribution in [0.2, 0.25) is 0 Å². The van der Waals surface area contributed by atoms with E-state index in [1.165, 1.54) is 0 Å². The highest BCUT2D eigenvalue weighted by Gasteiger charge is 2.44. The molecule has 0 saturated carbocycles. The number of hydrogen-bond acceptors (Lipinski definition) is 4. The van der Waals surface area contributed by atoms with Crippen molar-refractivity contribution < 1.29 is 8.42 Å². The third-order valence-electron chi connectivity index (χ3n) is 4.47. The molecule has 3 aromatic carbocycles. The van der Waals surface area contributed by atoms with Gasteiger partial charge in [-0.15, -0.1) is 0 Å². The van der Waals surface area contributed by atoms with Crippen molar-refractivity contribution in [3.05, 3.63) is 102 Å². The van der Waals surface area contributed by atoms with Crippen molar-refractivity contribution in [1.82, 2.24) is 0 Å². The number of nitrogens with two attached hydrogens (primary N) is 2. The Bertz CT molecular complexity index is 968. The van der Waals surface area contributed by atoms with Gasteiger partial charge >= 0.3 is 0 Å². The fourth-order valence-electron chi connectivity index (χ4n) is 3.08. The molecule has 1 atom stereocenters.